The van der Waals surface area contributed by atoms with Crippen LogP contribution in [0, 0.1) is 0 Å². The summed E-state index contributed by atoms with van der Waals surface area (Å²) in [6, 6.07) is 4.83. The van der Waals surface area contributed by atoms with E-state index in [9.17, 15) is 14.4 Å². The second kappa shape index (κ2) is 5.01. The molecule has 0 spiro atoms. The van der Waals surface area contributed by atoms with Crippen LogP contribution in [-0.4, -0.2) is 41.9 Å². The van der Waals surface area contributed by atoms with Gasteiger partial charge < -0.3 is 15.0 Å². The Kier molecular flexibility index (Phi) is 3.27. The Labute approximate surface area is 127 Å². The number of hydrogen-bond donors (Lipinski definition) is 2. The third-order valence-electron chi connectivity index (χ3n) is 4.27. The normalized spacial score (nSPS) is 23.4. The summed E-state index contributed by atoms with van der Waals surface area (Å²) in [5, 5.41) is 4.89. The molecule has 22 heavy (non-hydrogen) atoms. The van der Waals surface area contributed by atoms with Gasteiger partial charge in [0, 0.05) is 12.1 Å². The molecular weight excluding hydrogens is 286 g/mol. The highest BCUT2D eigenvalue weighted by Crippen LogP contribution is 2.29. The number of benzene rings is 1. The highest BCUT2D eigenvalue weighted by Gasteiger charge is 2.47. The molecule has 1 unspecified atom stereocenters. The van der Waals surface area contributed by atoms with Crippen molar-refractivity contribution in [1.82, 2.24) is 15.5 Å². The lowest BCUT2D eigenvalue weighted by molar-refractivity contribution is -0.124. The van der Waals surface area contributed by atoms with Crippen molar-refractivity contribution in [3.8, 4) is 5.75 Å². The van der Waals surface area contributed by atoms with Crippen LogP contribution in [0.15, 0.2) is 18.2 Å². The second-order valence-electron chi connectivity index (χ2n) is 5.53. The van der Waals surface area contributed by atoms with E-state index in [-0.39, 0.29) is 18.4 Å². The molecule has 1 fully saturated rings. The maximum absolute atomic E-state index is 12.5. The Hall–Kier alpha value is -2.57. The van der Waals surface area contributed by atoms with Crippen LogP contribution in [0.2, 0.25) is 0 Å². The summed E-state index contributed by atoms with van der Waals surface area (Å²) in [5.41, 5.74) is 0.413. The number of rotatable bonds is 4. The summed E-state index contributed by atoms with van der Waals surface area (Å²) in [4.78, 5) is 37.6. The van der Waals surface area contributed by atoms with Gasteiger partial charge in [-0.1, -0.05) is 13.0 Å². The van der Waals surface area contributed by atoms with E-state index in [2.05, 4.69) is 10.6 Å². The number of methoxy groups -OCH3 is 1. The first-order chi connectivity index (χ1) is 10.5. The molecule has 0 bridgehead atoms. The zero-order chi connectivity index (χ0) is 15.9. The van der Waals surface area contributed by atoms with Gasteiger partial charge in [0.25, 0.3) is 11.8 Å². The lowest BCUT2D eigenvalue weighted by Gasteiger charge is -2.29. The number of nitrogens with zero attached hydrogens (tertiary/aromatic N) is 1. The van der Waals surface area contributed by atoms with Crippen molar-refractivity contribution >= 4 is 17.8 Å². The molecule has 0 saturated carbocycles. The van der Waals surface area contributed by atoms with Gasteiger partial charge in [-0.25, -0.2) is 4.79 Å². The minimum atomic E-state index is -1.06. The average molecular weight is 303 g/mol. The standard InChI is InChI=1S/C15H17N3O4/c1-3-15(13(20)16-14(21)17-15)8-18-7-9-4-5-10(22-2)6-11(9)12(18)19/h4-6H,3,7-8H2,1-2H3,(H2,16,17,20,21). The predicted molar refractivity (Wildman–Crippen MR) is 77.4 cm³/mol. The molecule has 7 nitrogen and oxygen atoms in total. The van der Waals surface area contributed by atoms with Gasteiger partial charge >= 0.3 is 6.03 Å². The van der Waals surface area contributed by atoms with Gasteiger partial charge in [-0.3, -0.25) is 14.9 Å². The highest BCUT2D eigenvalue weighted by atomic mass is 16.5. The molecule has 1 saturated heterocycles. The fourth-order valence-electron chi connectivity index (χ4n) is 2.92. The first-order valence-corrected chi connectivity index (χ1v) is 7.09. The Morgan fingerprint density at radius 3 is 2.68 bits per heavy atom. The largest absolute Gasteiger partial charge is 0.497 e. The van der Waals surface area contributed by atoms with E-state index in [4.69, 9.17) is 4.74 Å². The maximum Gasteiger partial charge on any atom is 0.322 e. The summed E-state index contributed by atoms with van der Waals surface area (Å²) in [6.07, 6.45) is 0.411. The minimum absolute atomic E-state index is 0.150. The van der Waals surface area contributed by atoms with E-state index in [1.807, 2.05) is 13.0 Å². The number of imide groups is 1. The van der Waals surface area contributed by atoms with Crippen LogP contribution in [0.25, 0.3) is 0 Å². The molecule has 2 N–H and O–H groups in total. The van der Waals surface area contributed by atoms with Crippen LogP contribution in [0.3, 0.4) is 0 Å². The molecular formula is C15H17N3O4. The summed E-state index contributed by atoms with van der Waals surface area (Å²) in [7, 11) is 1.55. The van der Waals surface area contributed by atoms with Crippen LogP contribution in [0.5, 0.6) is 5.75 Å². The van der Waals surface area contributed by atoms with E-state index in [0.29, 0.717) is 24.3 Å². The molecule has 3 rings (SSSR count). The fourth-order valence-corrected chi connectivity index (χ4v) is 2.92. The third kappa shape index (κ3) is 2.09. The van der Waals surface area contributed by atoms with E-state index in [1.54, 1.807) is 24.1 Å². The summed E-state index contributed by atoms with van der Waals surface area (Å²) < 4.78 is 5.14. The van der Waals surface area contributed by atoms with Crippen molar-refractivity contribution in [2.75, 3.05) is 13.7 Å². The van der Waals surface area contributed by atoms with E-state index >= 15 is 0 Å². The quantitative estimate of drug-likeness (QED) is 0.799. The Balaban J connectivity index is 1.84. The van der Waals surface area contributed by atoms with Gasteiger partial charge in [0.15, 0.2) is 0 Å². The predicted octanol–water partition coefficient (Wildman–Crippen LogP) is 0.639. The fraction of sp³-hybridized carbons (Fsp3) is 0.400. The number of fused-ring (bicyclic) bond motifs is 1. The first kappa shape index (κ1) is 14.4. The van der Waals surface area contributed by atoms with Gasteiger partial charge in [-0.2, -0.15) is 0 Å². The molecule has 2 aliphatic rings. The molecule has 116 valence electrons. The van der Waals surface area contributed by atoms with Crippen LogP contribution < -0.4 is 15.4 Å². The Bertz CT molecular complexity index is 673. The van der Waals surface area contributed by atoms with Crippen LogP contribution in [0.4, 0.5) is 4.79 Å². The van der Waals surface area contributed by atoms with Gasteiger partial charge in [-0.15, -0.1) is 0 Å². The number of amides is 4. The van der Waals surface area contributed by atoms with E-state index < -0.39 is 11.6 Å². The molecule has 0 radical (unpaired) electrons. The van der Waals surface area contributed by atoms with Crippen LogP contribution in [0.1, 0.15) is 29.3 Å². The van der Waals surface area contributed by atoms with Gasteiger partial charge in [0.2, 0.25) is 0 Å². The number of hydrogen-bond acceptors (Lipinski definition) is 4. The zero-order valence-corrected chi connectivity index (χ0v) is 12.4. The van der Waals surface area contributed by atoms with Gasteiger partial charge in [0.05, 0.1) is 13.7 Å². The van der Waals surface area contributed by atoms with E-state index in [1.165, 1.54) is 0 Å². The molecule has 2 aliphatic heterocycles. The summed E-state index contributed by atoms with van der Waals surface area (Å²) in [6.45, 7) is 2.38. The van der Waals surface area contributed by atoms with Crippen molar-refractivity contribution in [2.24, 2.45) is 0 Å². The lowest BCUT2D eigenvalue weighted by atomic mass is 9.96. The Morgan fingerprint density at radius 1 is 1.32 bits per heavy atom. The van der Waals surface area contributed by atoms with Crippen molar-refractivity contribution in [3.05, 3.63) is 29.3 Å². The highest BCUT2D eigenvalue weighted by molar-refractivity contribution is 6.08. The van der Waals surface area contributed by atoms with Crippen molar-refractivity contribution in [2.45, 2.75) is 25.4 Å². The SMILES string of the molecule is CCC1(CN2Cc3ccc(OC)cc3C2=O)NC(=O)NC1=O. The summed E-state index contributed by atoms with van der Waals surface area (Å²) in [5.74, 6) is 0.0723. The molecule has 0 aromatic heterocycles. The second-order valence-corrected chi connectivity index (χ2v) is 5.53. The minimum Gasteiger partial charge on any atom is -0.497 e. The van der Waals surface area contributed by atoms with Crippen molar-refractivity contribution < 1.29 is 19.1 Å². The molecule has 7 heteroatoms. The molecule has 0 aliphatic carbocycles. The molecule has 1 atom stereocenters. The van der Waals surface area contributed by atoms with Gasteiger partial charge in [-0.05, 0) is 24.1 Å². The van der Waals surface area contributed by atoms with Crippen molar-refractivity contribution in [3.63, 3.8) is 0 Å². The van der Waals surface area contributed by atoms with Crippen LogP contribution >= 0.6 is 0 Å². The molecule has 2 heterocycles. The number of nitrogens with one attached hydrogen (secondary N) is 2. The number of carbonyl (C=O) groups is 3. The summed E-state index contributed by atoms with van der Waals surface area (Å²) >= 11 is 0. The number of urea groups is 1. The topological polar surface area (TPSA) is 87.7 Å². The van der Waals surface area contributed by atoms with Crippen molar-refractivity contribution in [1.29, 1.82) is 0 Å². The first-order valence-electron chi connectivity index (χ1n) is 7.09. The maximum atomic E-state index is 12.5. The smallest absolute Gasteiger partial charge is 0.322 e. The third-order valence-corrected chi connectivity index (χ3v) is 4.27. The monoisotopic (exact) mass is 303 g/mol. The van der Waals surface area contributed by atoms with Crippen LogP contribution in [-0.2, 0) is 11.3 Å². The Morgan fingerprint density at radius 2 is 2.09 bits per heavy atom. The average Bonchev–Trinajstić information content (AvgIpc) is 2.96. The van der Waals surface area contributed by atoms with E-state index in [0.717, 1.165) is 5.56 Å². The number of carbonyl (C=O) groups excluding carboxylic acids is 3. The molecule has 1 aromatic rings. The van der Waals surface area contributed by atoms with Gasteiger partial charge in [0.1, 0.15) is 11.3 Å². The molecule has 1 aromatic carbocycles. The number of ether oxygens (including phenoxy) is 1. The zero-order valence-electron chi connectivity index (χ0n) is 12.4. The molecule has 4 amide bonds. The lowest BCUT2D eigenvalue weighted by Crippen LogP contribution is -2.54.